The minimum absolute atomic E-state index is 0.0406. The van der Waals surface area contributed by atoms with Gasteiger partial charge in [-0.25, -0.2) is 0 Å². The van der Waals surface area contributed by atoms with Crippen molar-refractivity contribution in [2.45, 2.75) is 29.8 Å². The van der Waals surface area contributed by atoms with E-state index < -0.39 is 5.60 Å². The third kappa shape index (κ3) is 4.14. The van der Waals surface area contributed by atoms with Crippen LogP contribution in [0.5, 0.6) is 5.75 Å². The Bertz CT molecular complexity index is 429. The van der Waals surface area contributed by atoms with Crippen LogP contribution in [-0.4, -0.2) is 36.0 Å². The molecular formula is C14H19NO3S. The standard InChI is InChI=1S/C14H19NO3S/c1-18-11-3-5-12(6-4-11)19-9-13(16)15-10-14(17)7-2-8-14/h3-6,17H,2,7-10H2,1H3,(H,15,16). The minimum atomic E-state index is -0.652. The van der Waals surface area contributed by atoms with Crippen molar-refractivity contribution >= 4 is 17.7 Å². The van der Waals surface area contributed by atoms with Gasteiger partial charge in [-0.2, -0.15) is 0 Å². The van der Waals surface area contributed by atoms with Gasteiger partial charge in [-0.1, -0.05) is 0 Å². The van der Waals surface area contributed by atoms with Crippen LogP contribution in [0, 0.1) is 0 Å². The van der Waals surface area contributed by atoms with Gasteiger partial charge in [0.05, 0.1) is 18.5 Å². The van der Waals surface area contributed by atoms with Crippen molar-refractivity contribution in [2.24, 2.45) is 0 Å². The molecule has 1 fully saturated rings. The molecule has 0 aliphatic heterocycles. The van der Waals surface area contributed by atoms with E-state index in [1.807, 2.05) is 24.3 Å². The second-order valence-corrected chi connectivity index (χ2v) is 5.87. The van der Waals surface area contributed by atoms with Gasteiger partial charge in [-0.15, -0.1) is 11.8 Å². The molecule has 0 atom stereocenters. The van der Waals surface area contributed by atoms with E-state index in [9.17, 15) is 9.90 Å². The SMILES string of the molecule is COc1ccc(SCC(=O)NCC2(O)CCC2)cc1. The molecule has 1 aliphatic carbocycles. The predicted octanol–water partition coefficient (Wildman–Crippen LogP) is 1.82. The van der Waals surface area contributed by atoms with Gasteiger partial charge in [0.25, 0.3) is 0 Å². The highest BCUT2D eigenvalue weighted by Gasteiger charge is 2.34. The lowest BCUT2D eigenvalue weighted by molar-refractivity contribution is -0.121. The average molecular weight is 281 g/mol. The number of rotatable bonds is 6. The van der Waals surface area contributed by atoms with Gasteiger partial charge in [0.1, 0.15) is 5.75 Å². The Balaban J connectivity index is 1.70. The van der Waals surface area contributed by atoms with Crippen molar-refractivity contribution in [3.05, 3.63) is 24.3 Å². The number of carbonyl (C=O) groups is 1. The van der Waals surface area contributed by atoms with Crippen molar-refractivity contribution in [2.75, 3.05) is 19.4 Å². The molecule has 0 saturated heterocycles. The molecule has 1 saturated carbocycles. The quantitative estimate of drug-likeness (QED) is 0.781. The van der Waals surface area contributed by atoms with Crippen molar-refractivity contribution in [1.29, 1.82) is 0 Å². The summed E-state index contributed by atoms with van der Waals surface area (Å²) in [6.45, 7) is 0.370. The first-order valence-corrected chi connectivity index (χ1v) is 7.36. The van der Waals surface area contributed by atoms with E-state index in [-0.39, 0.29) is 5.91 Å². The molecule has 1 aromatic carbocycles. The summed E-state index contributed by atoms with van der Waals surface area (Å²) in [6.07, 6.45) is 2.63. The van der Waals surface area contributed by atoms with E-state index in [1.54, 1.807) is 7.11 Å². The maximum Gasteiger partial charge on any atom is 0.230 e. The number of hydrogen-bond acceptors (Lipinski definition) is 4. The zero-order valence-corrected chi connectivity index (χ0v) is 11.8. The van der Waals surface area contributed by atoms with Gasteiger partial charge in [0.2, 0.25) is 5.91 Å². The van der Waals surface area contributed by atoms with Crippen LogP contribution in [0.25, 0.3) is 0 Å². The van der Waals surface area contributed by atoms with Crippen LogP contribution in [0.1, 0.15) is 19.3 Å². The summed E-state index contributed by atoms with van der Waals surface area (Å²) in [5.41, 5.74) is -0.652. The molecule has 2 rings (SSSR count). The molecular weight excluding hydrogens is 262 g/mol. The maximum absolute atomic E-state index is 11.7. The smallest absolute Gasteiger partial charge is 0.230 e. The first-order valence-electron chi connectivity index (χ1n) is 6.37. The first-order chi connectivity index (χ1) is 9.11. The van der Waals surface area contributed by atoms with Crippen LogP contribution in [0.3, 0.4) is 0 Å². The molecule has 4 nitrogen and oxygen atoms in total. The van der Waals surface area contributed by atoms with Gasteiger partial charge in [0, 0.05) is 11.4 Å². The molecule has 0 heterocycles. The van der Waals surface area contributed by atoms with Crippen LogP contribution in [0.2, 0.25) is 0 Å². The number of aliphatic hydroxyl groups is 1. The summed E-state index contributed by atoms with van der Waals surface area (Å²) in [4.78, 5) is 12.7. The van der Waals surface area contributed by atoms with E-state index in [0.717, 1.165) is 29.9 Å². The van der Waals surface area contributed by atoms with E-state index in [2.05, 4.69) is 5.32 Å². The zero-order valence-electron chi connectivity index (χ0n) is 11.0. The number of methoxy groups -OCH3 is 1. The van der Waals surface area contributed by atoms with Gasteiger partial charge in [-0.3, -0.25) is 4.79 Å². The molecule has 1 aliphatic rings. The Morgan fingerprint density at radius 1 is 1.42 bits per heavy atom. The molecule has 19 heavy (non-hydrogen) atoms. The molecule has 0 bridgehead atoms. The molecule has 0 radical (unpaired) electrons. The Morgan fingerprint density at radius 3 is 2.63 bits per heavy atom. The number of ether oxygens (including phenoxy) is 1. The maximum atomic E-state index is 11.7. The van der Waals surface area contributed by atoms with E-state index in [1.165, 1.54) is 11.8 Å². The predicted molar refractivity (Wildman–Crippen MR) is 75.5 cm³/mol. The Labute approximate surface area is 117 Å². The topological polar surface area (TPSA) is 58.6 Å². The fraction of sp³-hybridized carbons (Fsp3) is 0.500. The van der Waals surface area contributed by atoms with Crippen LogP contribution in [-0.2, 0) is 4.79 Å². The van der Waals surface area contributed by atoms with Crippen molar-refractivity contribution in [3.8, 4) is 5.75 Å². The van der Waals surface area contributed by atoms with Crippen LogP contribution in [0.15, 0.2) is 29.2 Å². The third-order valence-corrected chi connectivity index (χ3v) is 4.34. The third-order valence-electron chi connectivity index (χ3n) is 3.33. The van der Waals surface area contributed by atoms with E-state index in [4.69, 9.17) is 4.74 Å². The number of carbonyl (C=O) groups excluding carboxylic acids is 1. The van der Waals surface area contributed by atoms with Crippen molar-refractivity contribution in [1.82, 2.24) is 5.32 Å². The highest BCUT2D eigenvalue weighted by atomic mass is 32.2. The van der Waals surface area contributed by atoms with Crippen molar-refractivity contribution in [3.63, 3.8) is 0 Å². The largest absolute Gasteiger partial charge is 0.497 e. The molecule has 0 aromatic heterocycles. The summed E-state index contributed by atoms with van der Waals surface area (Å²) in [5.74, 6) is 1.13. The highest BCUT2D eigenvalue weighted by Crippen LogP contribution is 2.30. The second kappa shape index (κ2) is 6.30. The summed E-state index contributed by atoms with van der Waals surface area (Å²) < 4.78 is 5.07. The fourth-order valence-corrected chi connectivity index (χ4v) is 2.62. The lowest BCUT2D eigenvalue weighted by Crippen LogP contribution is -2.48. The molecule has 0 unspecified atom stereocenters. The summed E-state index contributed by atoms with van der Waals surface area (Å²) in [7, 11) is 1.63. The number of nitrogens with one attached hydrogen (secondary N) is 1. The summed E-state index contributed by atoms with van der Waals surface area (Å²) >= 11 is 1.47. The number of amides is 1. The number of thioether (sulfide) groups is 1. The Hall–Kier alpha value is -1.20. The summed E-state index contributed by atoms with van der Waals surface area (Å²) in [6, 6.07) is 7.60. The van der Waals surface area contributed by atoms with Crippen LogP contribution >= 0.6 is 11.8 Å². The molecule has 1 amide bonds. The van der Waals surface area contributed by atoms with Crippen LogP contribution in [0.4, 0.5) is 0 Å². The minimum Gasteiger partial charge on any atom is -0.497 e. The number of hydrogen-bond donors (Lipinski definition) is 2. The first kappa shape index (κ1) is 14.2. The van der Waals surface area contributed by atoms with Gasteiger partial charge in [-0.05, 0) is 43.5 Å². The molecule has 0 spiro atoms. The van der Waals surface area contributed by atoms with Crippen molar-refractivity contribution < 1.29 is 14.6 Å². The average Bonchev–Trinajstić information content (AvgIpc) is 2.41. The Kier molecular flexibility index (Phi) is 4.71. The molecule has 2 N–H and O–H groups in total. The molecule has 104 valence electrons. The molecule has 1 aromatic rings. The monoisotopic (exact) mass is 281 g/mol. The fourth-order valence-electron chi connectivity index (χ4n) is 1.90. The summed E-state index contributed by atoms with van der Waals surface area (Å²) in [5, 5.41) is 12.6. The normalized spacial score (nSPS) is 16.5. The van der Waals surface area contributed by atoms with Gasteiger partial charge in [0.15, 0.2) is 0 Å². The van der Waals surface area contributed by atoms with E-state index in [0.29, 0.717) is 12.3 Å². The van der Waals surface area contributed by atoms with Gasteiger partial charge < -0.3 is 15.2 Å². The van der Waals surface area contributed by atoms with E-state index >= 15 is 0 Å². The lowest BCUT2D eigenvalue weighted by Gasteiger charge is -2.36. The highest BCUT2D eigenvalue weighted by molar-refractivity contribution is 8.00. The molecule has 5 heteroatoms. The lowest BCUT2D eigenvalue weighted by atomic mass is 9.80. The van der Waals surface area contributed by atoms with Gasteiger partial charge >= 0.3 is 0 Å². The van der Waals surface area contributed by atoms with Crippen LogP contribution < -0.4 is 10.1 Å². The zero-order chi connectivity index (χ0) is 13.7. The second-order valence-electron chi connectivity index (χ2n) is 4.82. The number of benzene rings is 1. The Morgan fingerprint density at radius 2 is 2.11 bits per heavy atom.